The highest BCUT2D eigenvalue weighted by atomic mass is 35.5. The molecule has 0 amide bonds. The molecule has 1 aromatic carbocycles. The van der Waals surface area contributed by atoms with Gasteiger partial charge in [-0.3, -0.25) is 4.90 Å². The van der Waals surface area contributed by atoms with Crippen molar-refractivity contribution < 1.29 is 0 Å². The standard InChI is InChI=1S/C17H27ClN2/c1-13-8-9-20(11-14(13)2)17(3,12-19)10-15-4-6-16(18)7-5-15/h4-7,13-14H,8-12,19H2,1-3H3. The Labute approximate surface area is 128 Å². The van der Waals surface area contributed by atoms with Crippen LogP contribution in [0, 0.1) is 11.8 Å². The highest BCUT2D eigenvalue weighted by Gasteiger charge is 2.35. The van der Waals surface area contributed by atoms with E-state index in [1.165, 1.54) is 12.0 Å². The predicted molar refractivity (Wildman–Crippen MR) is 87.1 cm³/mol. The van der Waals surface area contributed by atoms with Crippen LogP contribution in [0.5, 0.6) is 0 Å². The van der Waals surface area contributed by atoms with Gasteiger partial charge in [-0.1, -0.05) is 37.6 Å². The topological polar surface area (TPSA) is 29.3 Å². The van der Waals surface area contributed by atoms with Crippen molar-refractivity contribution in [3.63, 3.8) is 0 Å². The Kier molecular flexibility index (Phi) is 5.11. The average Bonchev–Trinajstić information content (AvgIpc) is 2.44. The van der Waals surface area contributed by atoms with Crippen LogP contribution in [-0.4, -0.2) is 30.1 Å². The molecule has 0 saturated carbocycles. The zero-order valence-corrected chi connectivity index (χ0v) is 13.7. The van der Waals surface area contributed by atoms with Crippen molar-refractivity contribution in [1.29, 1.82) is 0 Å². The Morgan fingerprint density at radius 3 is 2.45 bits per heavy atom. The number of rotatable bonds is 4. The molecule has 1 saturated heterocycles. The maximum absolute atomic E-state index is 6.13. The van der Waals surface area contributed by atoms with Gasteiger partial charge < -0.3 is 5.73 Å². The summed E-state index contributed by atoms with van der Waals surface area (Å²) in [5.74, 6) is 1.57. The van der Waals surface area contributed by atoms with Crippen LogP contribution in [0.2, 0.25) is 5.02 Å². The molecule has 0 aromatic heterocycles. The first kappa shape index (κ1) is 15.8. The monoisotopic (exact) mass is 294 g/mol. The van der Waals surface area contributed by atoms with Crippen LogP contribution in [-0.2, 0) is 6.42 Å². The number of hydrogen-bond donors (Lipinski definition) is 1. The molecule has 1 heterocycles. The van der Waals surface area contributed by atoms with Gasteiger partial charge in [-0.05, 0) is 55.8 Å². The minimum atomic E-state index is 0.0439. The Hall–Kier alpha value is -0.570. The zero-order valence-electron chi connectivity index (χ0n) is 12.9. The molecule has 0 aliphatic carbocycles. The minimum absolute atomic E-state index is 0.0439. The van der Waals surface area contributed by atoms with E-state index in [-0.39, 0.29) is 5.54 Å². The lowest BCUT2D eigenvalue weighted by Crippen LogP contribution is -2.57. The first-order valence-electron chi connectivity index (χ1n) is 7.64. The molecule has 112 valence electrons. The van der Waals surface area contributed by atoms with Gasteiger partial charge in [0.25, 0.3) is 0 Å². The predicted octanol–water partition coefficient (Wildman–Crippen LogP) is 3.58. The Bertz CT molecular complexity index is 431. The molecule has 0 spiro atoms. The molecule has 0 bridgehead atoms. The lowest BCUT2D eigenvalue weighted by atomic mass is 9.83. The van der Waals surface area contributed by atoms with E-state index in [9.17, 15) is 0 Å². The zero-order chi connectivity index (χ0) is 14.8. The minimum Gasteiger partial charge on any atom is -0.329 e. The smallest absolute Gasteiger partial charge is 0.0406 e. The van der Waals surface area contributed by atoms with Crippen LogP contribution in [0.15, 0.2) is 24.3 Å². The van der Waals surface area contributed by atoms with Gasteiger partial charge in [0.05, 0.1) is 0 Å². The van der Waals surface area contributed by atoms with Crippen LogP contribution in [0.1, 0.15) is 32.8 Å². The Morgan fingerprint density at radius 1 is 1.25 bits per heavy atom. The van der Waals surface area contributed by atoms with Crippen molar-refractivity contribution in [2.45, 2.75) is 39.2 Å². The van der Waals surface area contributed by atoms with Crippen molar-refractivity contribution in [3.05, 3.63) is 34.9 Å². The van der Waals surface area contributed by atoms with Gasteiger partial charge in [-0.15, -0.1) is 0 Å². The van der Waals surface area contributed by atoms with Crippen LogP contribution < -0.4 is 5.73 Å². The van der Waals surface area contributed by atoms with Crippen molar-refractivity contribution in [1.82, 2.24) is 4.90 Å². The molecule has 2 N–H and O–H groups in total. The Balaban J connectivity index is 2.10. The molecule has 2 nitrogen and oxygen atoms in total. The van der Waals surface area contributed by atoms with E-state index in [0.29, 0.717) is 6.54 Å². The Morgan fingerprint density at radius 2 is 1.90 bits per heavy atom. The SMILES string of the molecule is CC1CCN(C(C)(CN)Cc2ccc(Cl)cc2)CC1C. The highest BCUT2D eigenvalue weighted by molar-refractivity contribution is 6.30. The van der Waals surface area contributed by atoms with E-state index < -0.39 is 0 Å². The molecule has 3 unspecified atom stereocenters. The number of hydrogen-bond acceptors (Lipinski definition) is 2. The summed E-state index contributed by atoms with van der Waals surface area (Å²) >= 11 is 5.97. The lowest BCUT2D eigenvalue weighted by Gasteiger charge is -2.46. The fourth-order valence-corrected chi connectivity index (χ4v) is 3.23. The number of benzene rings is 1. The van der Waals surface area contributed by atoms with Gasteiger partial charge in [-0.2, -0.15) is 0 Å². The third-order valence-corrected chi connectivity index (χ3v) is 5.29. The number of nitrogens with two attached hydrogens (primary N) is 1. The second kappa shape index (κ2) is 6.46. The summed E-state index contributed by atoms with van der Waals surface area (Å²) in [6, 6.07) is 8.17. The number of likely N-dealkylation sites (tertiary alicyclic amines) is 1. The van der Waals surface area contributed by atoms with E-state index in [0.717, 1.165) is 36.4 Å². The van der Waals surface area contributed by atoms with Crippen LogP contribution >= 0.6 is 11.6 Å². The molecule has 1 aliphatic heterocycles. The summed E-state index contributed by atoms with van der Waals surface area (Å²) in [7, 11) is 0. The van der Waals surface area contributed by atoms with E-state index in [1.807, 2.05) is 12.1 Å². The fourth-order valence-electron chi connectivity index (χ4n) is 3.11. The maximum Gasteiger partial charge on any atom is 0.0406 e. The first-order valence-corrected chi connectivity index (χ1v) is 8.02. The summed E-state index contributed by atoms with van der Waals surface area (Å²) in [6.07, 6.45) is 2.26. The summed E-state index contributed by atoms with van der Waals surface area (Å²) < 4.78 is 0. The second-order valence-electron chi connectivity index (χ2n) is 6.69. The van der Waals surface area contributed by atoms with Gasteiger partial charge >= 0.3 is 0 Å². The van der Waals surface area contributed by atoms with E-state index in [2.05, 4.69) is 37.8 Å². The van der Waals surface area contributed by atoms with Gasteiger partial charge in [0.15, 0.2) is 0 Å². The van der Waals surface area contributed by atoms with Crippen molar-refractivity contribution >= 4 is 11.6 Å². The number of piperidine rings is 1. The molecule has 3 heteroatoms. The third-order valence-electron chi connectivity index (χ3n) is 5.04. The number of halogens is 1. The quantitative estimate of drug-likeness (QED) is 0.920. The molecule has 20 heavy (non-hydrogen) atoms. The van der Waals surface area contributed by atoms with Gasteiger partial charge in [0.1, 0.15) is 0 Å². The maximum atomic E-state index is 6.13. The highest BCUT2D eigenvalue weighted by Crippen LogP contribution is 2.29. The van der Waals surface area contributed by atoms with Crippen molar-refractivity contribution in [2.24, 2.45) is 17.6 Å². The average molecular weight is 295 g/mol. The fraction of sp³-hybridized carbons (Fsp3) is 0.647. The molecule has 2 rings (SSSR count). The van der Waals surface area contributed by atoms with E-state index in [4.69, 9.17) is 17.3 Å². The largest absolute Gasteiger partial charge is 0.329 e. The van der Waals surface area contributed by atoms with Crippen LogP contribution in [0.4, 0.5) is 0 Å². The van der Waals surface area contributed by atoms with Gasteiger partial charge in [0, 0.05) is 23.7 Å². The second-order valence-corrected chi connectivity index (χ2v) is 7.13. The molecule has 1 fully saturated rings. The molecular formula is C17H27ClN2. The number of nitrogens with zero attached hydrogens (tertiary/aromatic N) is 1. The van der Waals surface area contributed by atoms with Crippen molar-refractivity contribution in [2.75, 3.05) is 19.6 Å². The summed E-state index contributed by atoms with van der Waals surface area (Å²) in [5, 5.41) is 0.795. The van der Waals surface area contributed by atoms with Crippen LogP contribution in [0.3, 0.4) is 0 Å². The van der Waals surface area contributed by atoms with Gasteiger partial charge in [0.2, 0.25) is 0 Å². The third kappa shape index (κ3) is 3.55. The summed E-state index contributed by atoms with van der Waals surface area (Å²) in [4.78, 5) is 2.59. The molecule has 0 radical (unpaired) electrons. The van der Waals surface area contributed by atoms with Crippen molar-refractivity contribution in [3.8, 4) is 0 Å². The van der Waals surface area contributed by atoms with E-state index in [1.54, 1.807) is 0 Å². The normalized spacial score (nSPS) is 27.2. The van der Waals surface area contributed by atoms with Crippen LogP contribution in [0.25, 0.3) is 0 Å². The summed E-state index contributed by atoms with van der Waals surface area (Å²) in [6.45, 7) is 10.0. The summed E-state index contributed by atoms with van der Waals surface area (Å²) in [5.41, 5.74) is 7.49. The molecular weight excluding hydrogens is 268 g/mol. The van der Waals surface area contributed by atoms with Gasteiger partial charge in [-0.25, -0.2) is 0 Å². The lowest BCUT2D eigenvalue weighted by molar-refractivity contribution is 0.0416. The molecule has 1 aromatic rings. The first-order chi connectivity index (χ1) is 9.44. The molecule has 3 atom stereocenters. The molecule has 1 aliphatic rings. The van der Waals surface area contributed by atoms with E-state index >= 15 is 0 Å².